The Morgan fingerprint density at radius 1 is 1.21 bits per heavy atom. The molecule has 0 spiro atoms. The summed E-state index contributed by atoms with van der Waals surface area (Å²) in [5, 5.41) is 14.4. The van der Waals surface area contributed by atoms with Gasteiger partial charge in [0, 0.05) is 30.1 Å². The van der Waals surface area contributed by atoms with Crippen molar-refractivity contribution in [1.29, 1.82) is 0 Å². The van der Waals surface area contributed by atoms with Crippen molar-refractivity contribution in [3.8, 4) is 0 Å². The topological polar surface area (TPSA) is 88.0 Å². The van der Waals surface area contributed by atoms with Crippen molar-refractivity contribution < 1.29 is 4.92 Å². The van der Waals surface area contributed by atoms with Crippen LogP contribution in [-0.2, 0) is 13.1 Å². The summed E-state index contributed by atoms with van der Waals surface area (Å²) in [6.45, 7) is 0.916. The molecule has 19 heavy (non-hydrogen) atoms. The maximum absolute atomic E-state index is 11.9. The number of benzene rings is 1. The molecule has 1 aromatic carbocycles. The summed E-state index contributed by atoms with van der Waals surface area (Å²) in [5.41, 5.74) is 1.14. The molecule has 1 aromatic heterocycles. The number of halogens is 2. The van der Waals surface area contributed by atoms with Crippen LogP contribution < -0.4 is 10.9 Å². The first-order chi connectivity index (χ1) is 9.00. The van der Waals surface area contributed by atoms with Gasteiger partial charge in [-0.05, 0) is 5.56 Å². The van der Waals surface area contributed by atoms with Crippen LogP contribution in [0.1, 0.15) is 11.1 Å². The molecule has 98 valence electrons. The van der Waals surface area contributed by atoms with Crippen LogP contribution in [0, 0.1) is 10.1 Å². The Bertz CT molecular complexity index is 785. The third-order valence-electron chi connectivity index (χ3n) is 3.19. The maximum Gasteiger partial charge on any atom is 0.290 e. The molecule has 0 atom stereocenters. The molecule has 0 saturated heterocycles. The molecule has 2 aromatic rings. The number of nitro groups is 1. The van der Waals surface area contributed by atoms with Crippen LogP contribution >= 0.6 is 23.2 Å². The number of aromatic nitrogens is 1. The lowest BCUT2D eigenvalue weighted by molar-refractivity contribution is -0.384. The molecule has 0 amide bonds. The monoisotopic (exact) mass is 299 g/mol. The highest BCUT2D eigenvalue weighted by atomic mass is 35.5. The second-order valence-electron chi connectivity index (χ2n) is 4.22. The highest BCUT2D eigenvalue weighted by Gasteiger charge is 2.24. The smallest absolute Gasteiger partial charge is 0.290 e. The molecule has 6 nitrogen and oxygen atoms in total. The highest BCUT2D eigenvalue weighted by Crippen LogP contribution is 2.38. The van der Waals surface area contributed by atoms with Gasteiger partial charge in [-0.25, -0.2) is 0 Å². The molecule has 2 heterocycles. The molecular formula is C11H7Cl2N3O3. The van der Waals surface area contributed by atoms with Gasteiger partial charge in [-0.15, -0.1) is 0 Å². The van der Waals surface area contributed by atoms with E-state index in [1.807, 2.05) is 0 Å². The van der Waals surface area contributed by atoms with Gasteiger partial charge in [0.25, 0.3) is 11.2 Å². The zero-order valence-electron chi connectivity index (χ0n) is 9.42. The molecule has 8 heteroatoms. The Balaban J connectivity index is 2.51. The van der Waals surface area contributed by atoms with E-state index >= 15 is 0 Å². The van der Waals surface area contributed by atoms with E-state index in [9.17, 15) is 14.9 Å². The number of fused-ring (bicyclic) bond motifs is 3. The van der Waals surface area contributed by atoms with E-state index in [2.05, 4.69) is 10.3 Å². The summed E-state index contributed by atoms with van der Waals surface area (Å²) in [6, 6.07) is 1.35. The Hall–Kier alpha value is -1.63. The normalized spacial score (nSPS) is 13.8. The van der Waals surface area contributed by atoms with E-state index in [1.165, 1.54) is 6.07 Å². The lowest BCUT2D eigenvalue weighted by atomic mass is 10.1. The molecule has 0 bridgehead atoms. The lowest BCUT2D eigenvalue weighted by Gasteiger charge is -2.07. The molecule has 0 radical (unpaired) electrons. The Kier molecular flexibility index (Phi) is 2.74. The molecule has 1 aliphatic heterocycles. The van der Waals surface area contributed by atoms with Crippen LogP contribution in [-0.4, -0.2) is 9.91 Å². The van der Waals surface area contributed by atoms with E-state index < -0.39 is 4.92 Å². The van der Waals surface area contributed by atoms with Crippen molar-refractivity contribution >= 4 is 39.8 Å². The number of hydrogen-bond donors (Lipinski definition) is 2. The molecule has 0 unspecified atom stereocenters. The number of hydrogen-bond acceptors (Lipinski definition) is 4. The molecule has 2 N–H and O–H groups in total. The number of aromatic amines is 1. The number of nitrogens with one attached hydrogen (secondary N) is 2. The predicted octanol–water partition coefficient (Wildman–Crippen LogP) is 2.35. The molecule has 0 fully saturated rings. The molecule has 0 aliphatic carbocycles. The third kappa shape index (κ3) is 1.72. The van der Waals surface area contributed by atoms with Gasteiger partial charge >= 0.3 is 0 Å². The van der Waals surface area contributed by atoms with Gasteiger partial charge in [0.05, 0.1) is 15.5 Å². The predicted molar refractivity (Wildman–Crippen MR) is 71.8 cm³/mol. The quantitative estimate of drug-likeness (QED) is 0.625. The van der Waals surface area contributed by atoms with Gasteiger partial charge in [0.1, 0.15) is 5.02 Å². The fourth-order valence-electron chi connectivity index (χ4n) is 2.30. The average molecular weight is 300 g/mol. The van der Waals surface area contributed by atoms with Crippen molar-refractivity contribution in [2.75, 3.05) is 0 Å². The number of nitro benzene ring substituents is 1. The van der Waals surface area contributed by atoms with Gasteiger partial charge < -0.3 is 10.3 Å². The molecule has 0 saturated carbocycles. The van der Waals surface area contributed by atoms with Gasteiger partial charge in [-0.1, -0.05) is 23.2 Å². The minimum Gasteiger partial charge on any atom is -0.320 e. The van der Waals surface area contributed by atoms with Crippen molar-refractivity contribution in [2.45, 2.75) is 13.1 Å². The Labute approximate surface area is 116 Å². The maximum atomic E-state index is 11.9. The first-order valence-corrected chi connectivity index (χ1v) is 6.17. The Morgan fingerprint density at radius 3 is 2.58 bits per heavy atom. The van der Waals surface area contributed by atoms with Gasteiger partial charge in [0.2, 0.25) is 0 Å². The summed E-state index contributed by atoms with van der Waals surface area (Å²) in [5.74, 6) is 0. The van der Waals surface area contributed by atoms with Crippen LogP contribution in [0.3, 0.4) is 0 Å². The highest BCUT2D eigenvalue weighted by molar-refractivity contribution is 6.46. The van der Waals surface area contributed by atoms with Crippen LogP contribution in [0.15, 0.2) is 10.9 Å². The first-order valence-electron chi connectivity index (χ1n) is 5.41. The summed E-state index contributed by atoms with van der Waals surface area (Å²) >= 11 is 11.9. The van der Waals surface area contributed by atoms with Crippen LogP contribution in [0.4, 0.5) is 5.69 Å². The summed E-state index contributed by atoms with van der Waals surface area (Å²) in [6.07, 6.45) is 0. The van der Waals surface area contributed by atoms with Crippen LogP contribution in [0.2, 0.25) is 10.0 Å². The second-order valence-corrected chi connectivity index (χ2v) is 4.97. The number of pyridine rings is 1. The SMILES string of the molecule is O=c1[nH]c2c(Cl)c(Cl)c([N+](=O)[O-])cc2c2c1CNC2. The van der Waals surface area contributed by atoms with Gasteiger partial charge in [0.15, 0.2) is 0 Å². The lowest BCUT2D eigenvalue weighted by Crippen LogP contribution is -2.13. The summed E-state index contributed by atoms with van der Waals surface area (Å²) in [7, 11) is 0. The molecule has 3 rings (SSSR count). The molecular weight excluding hydrogens is 293 g/mol. The minimum absolute atomic E-state index is 0.00216. The standard InChI is InChI=1S/C11H7Cl2N3O3/c12-8-7(16(18)19)1-4-5-2-14-3-6(5)11(17)15-10(4)9(8)13/h1,14H,2-3H2,(H,15,17). The number of rotatable bonds is 1. The van der Waals surface area contributed by atoms with Gasteiger partial charge in [-0.3, -0.25) is 14.9 Å². The molecule has 1 aliphatic rings. The van der Waals surface area contributed by atoms with E-state index in [-0.39, 0.29) is 21.3 Å². The summed E-state index contributed by atoms with van der Waals surface area (Å²) in [4.78, 5) is 24.9. The van der Waals surface area contributed by atoms with E-state index in [0.29, 0.717) is 29.6 Å². The first kappa shape index (κ1) is 12.4. The van der Waals surface area contributed by atoms with Gasteiger partial charge in [-0.2, -0.15) is 0 Å². The van der Waals surface area contributed by atoms with E-state index in [4.69, 9.17) is 23.2 Å². The second kappa shape index (κ2) is 4.19. The number of H-pyrrole nitrogens is 1. The van der Waals surface area contributed by atoms with E-state index in [1.54, 1.807) is 0 Å². The largest absolute Gasteiger partial charge is 0.320 e. The Morgan fingerprint density at radius 2 is 1.89 bits per heavy atom. The fraction of sp³-hybridized carbons (Fsp3) is 0.182. The summed E-state index contributed by atoms with van der Waals surface area (Å²) < 4.78 is 0. The minimum atomic E-state index is -0.590. The zero-order chi connectivity index (χ0) is 13.7. The van der Waals surface area contributed by atoms with Crippen molar-refractivity contribution in [2.24, 2.45) is 0 Å². The third-order valence-corrected chi connectivity index (χ3v) is 4.05. The zero-order valence-corrected chi connectivity index (χ0v) is 10.9. The number of nitrogens with zero attached hydrogens (tertiary/aromatic N) is 1. The van der Waals surface area contributed by atoms with Crippen LogP contribution in [0.5, 0.6) is 0 Å². The average Bonchev–Trinajstić information content (AvgIpc) is 2.84. The fourth-order valence-corrected chi connectivity index (χ4v) is 2.76. The van der Waals surface area contributed by atoms with Crippen LogP contribution in [0.25, 0.3) is 10.9 Å². The van der Waals surface area contributed by atoms with Crippen molar-refractivity contribution in [3.63, 3.8) is 0 Å². The van der Waals surface area contributed by atoms with Crippen molar-refractivity contribution in [3.05, 3.63) is 47.7 Å². The van der Waals surface area contributed by atoms with Crippen molar-refractivity contribution in [1.82, 2.24) is 10.3 Å². The van der Waals surface area contributed by atoms with E-state index in [0.717, 1.165) is 5.56 Å².